The number of hydrogen-bond acceptors (Lipinski definition) is 3. The van der Waals surface area contributed by atoms with Crippen molar-refractivity contribution in [2.75, 3.05) is 12.4 Å². The van der Waals surface area contributed by atoms with Crippen LogP contribution in [0.2, 0.25) is 5.02 Å². The number of carbonyl (C=O) groups excluding carboxylic acids is 1. The van der Waals surface area contributed by atoms with E-state index in [-0.39, 0.29) is 11.3 Å². The van der Waals surface area contributed by atoms with Crippen molar-refractivity contribution < 1.29 is 18.0 Å². The van der Waals surface area contributed by atoms with Crippen LogP contribution < -0.4 is 10.6 Å². The molecule has 1 rings (SSSR count). The van der Waals surface area contributed by atoms with Gasteiger partial charge in [0.15, 0.2) is 0 Å². The lowest BCUT2D eigenvalue weighted by Gasteiger charge is -2.11. The van der Waals surface area contributed by atoms with Crippen molar-refractivity contribution in [2.24, 2.45) is 0 Å². The molecule has 2 N–H and O–H groups in total. The van der Waals surface area contributed by atoms with E-state index in [0.29, 0.717) is 6.07 Å². The van der Waals surface area contributed by atoms with Crippen LogP contribution >= 0.6 is 11.6 Å². The van der Waals surface area contributed by atoms with E-state index < -0.39 is 22.7 Å². The van der Waals surface area contributed by atoms with Crippen LogP contribution in [0.5, 0.6) is 0 Å². The van der Waals surface area contributed by atoms with Crippen molar-refractivity contribution in [3.8, 4) is 6.07 Å². The fourth-order valence-corrected chi connectivity index (χ4v) is 1.54. The molecule has 4 nitrogen and oxygen atoms in total. The predicted octanol–water partition coefficient (Wildman–Crippen LogP) is 2.92. The van der Waals surface area contributed by atoms with Crippen molar-refractivity contribution in [3.05, 3.63) is 40.6 Å². The van der Waals surface area contributed by atoms with Crippen molar-refractivity contribution in [1.29, 1.82) is 5.26 Å². The number of carbonyl (C=O) groups is 1. The van der Waals surface area contributed by atoms with Crippen molar-refractivity contribution >= 4 is 23.2 Å². The van der Waals surface area contributed by atoms with E-state index in [1.807, 2.05) is 0 Å². The average Bonchev–Trinajstić information content (AvgIpc) is 2.36. The minimum atomic E-state index is -4.63. The van der Waals surface area contributed by atoms with Crippen LogP contribution in [0.15, 0.2) is 30.0 Å². The largest absolute Gasteiger partial charge is 0.417 e. The zero-order chi connectivity index (χ0) is 15.3. The summed E-state index contributed by atoms with van der Waals surface area (Å²) in [5.41, 5.74) is -1.44. The maximum Gasteiger partial charge on any atom is 0.417 e. The molecular formula is C12H9ClF3N3O. The second-order valence-electron chi connectivity index (χ2n) is 3.60. The third-order valence-electron chi connectivity index (χ3n) is 2.18. The second-order valence-corrected chi connectivity index (χ2v) is 4.01. The Kier molecular flexibility index (Phi) is 5.00. The minimum absolute atomic E-state index is 0.107. The number of anilines is 1. The maximum atomic E-state index is 12.6. The number of alkyl halides is 3. The summed E-state index contributed by atoms with van der Waals surface area (Å²) >= 11 is 5.45. The van der Waals surface area contributed by atoms with E-state index in [2.05, 4.69) is 10.6 Å². The highest BCUT2D eigenvalue weighted by molar-refractivity contribution is 6.31. The number of nitrogens with one attached hydrogen (secondary N) is 2. The summed E-state index contributed by atoms with van der Waals surface area (Å²) < 4.78 is 37.9. The normalized spacial score (nSPS) is 11.7. The summed E-state index contributed by atoms with van der Waals surface area (Å²) in [6.45, 7) is 0. The molecule has 0 fully saturated rings. The zero-order valence-electron chi connectivity index (χ0n) is 10.2. The number of hydrogen-bond donors (Lipinski definition) is 2. The smallest absolute Gasteiger partial charge is 0.393 e. The van der Waals surface area contributed by atoms with Gasteiger partial charge in [0.2, 0.25) is 0 Å². The number of amides is 1. The molecule has 0 heterocycles. The molecule has 20 heavy (non-hydrogen) atoms. The second kappa shape index (κ2) is 6.30. The quantitative estimate of drug-likeness (QED) is 0.666. The highest BCUT2D eigenvalue weighted by Crippen LogP contribution is 2.36. The number of nitrogens with zero attached hydrogens (tertiary/aromatic N) is 1. The van der Waals surface area contributed by atoms with Crippen LogP contribution in [0.25, 0.3) is 0 Å². The topological polar surface area (TPSA) is 64.9 Å². The van der Waals surface area contributed by atoms with E-state index >= 15 is 0 Å². The molecule has 1 amide bonds. The number of nitriles is 1. The van der Waals surface area contributed by atoms with Crippen LogP contribution in [0.3, 0.4) is 0 Å². The standard InChI is InChI=1S/C12H9ClF3N3O/c1-18-6-7(5-17)11(20)19-8-2-3-10(13)9(4-8)12(14,15)16/h2-4,6,18H,1H3,(H,19,20)/b7-6-. The van der Waals surface area contributed by atoms with Gasteiger partial charge < -0.3 is 10.6 Å². The van der Waals surface area contributed by atoms with E-state index in [1.165, 1.54) is 13.1 Å². The average molecular weight is 304 g/mol. The fourth-order valence-electron chi connectivity index (χ4n) is 1.31. The molecule has 1 aromatic carbocycles. The molecule has 0 spiro atoms. The number of rotatable bonds is 3. The highest BCUT2D eigenvalue weighted by Gasteiger charge is 2.33. The first-order valence-corrected chi connectivity index (χ1v) is 5.63. The number of halogens is 4. The lowest BCUT2D eigenvalue weighted by Crippen LogP contribution is -2.16. The van der Waals surface area contributed by atoms with Gasteiger partial charge in [0, 0.05) is 18.9 Å². The molecule has 1 aromatic rings. The molecular weight excluding hydrogens is 295 g/mol. The maximum absolute atomic E-state index is 12.6. The van der Waals surface area contributed by atoms with Crippen molar-refractivity contribution in [2.45, 2.75) is 6.18 Å². The Bertz CT molecular complexity index is 591. The van der Waals surface area contributed by atoms with Gasteiger partial charge in [-0.2, -0.15) is 18.4 Å². The van der Waals surface area contributed by atoms with Gasteiger partial charge in [-0.15, -0.1) is 0 Å². The van der Waals surface area contributed by atoms with Crippen LogP contribution in [0, 0.1) is 11.3 Å². The molecule has 0 bridgehead atoms. The summed E-state index contributed by atoms with van der Waals surface area (Å²) in [6, 6.07) is 4.55. The van der Waals surface area contributed by atoms with Crippen LogP contribution in [0.1, 0.15) is 5.56 Å². The molecule has 0 saturated carbocycles. The molecule has 0 aliphatic heterocycles. The van der Waals surface area contributed by atoms with Gasteiger partial charge in [-0.25, -0.2) is 0 Å². The first-order valence-electron chi connectivity index (χ1n) is 5.25. The fraction of sp³-hybridized carbons (Fsp3) is 0.167. The Morgan fingerprint density at radius 2 is 2.10 bits per heavy atom. The molecule has 0 radical (unpaired) electrons. The lowest BCUT2D eigenvalue weighted by atomic mass is 10.2. The predicted molar refractivity (Wildman–Crippen MR) is 67.8 cm³/mol. The third-order valence-corrected chi connectivity index (χ3v) is 2.51. The molecule has 0 unspecified atom stereocenters. The Morgan fingerprint density at radius 1 is 1.45 bits per heavy atom. The zero-order valence-corrected chi connectivity index (χ0v) is 10.9. The molecule has 106 valence electrons. The van der Waals surface area contributed by atoms with Gasteiger partial charge in [0.1, 0.15) is 11.6 Å². The Balaban J connectivity index is 3.04. The molecule has 0 aromatic heterocycles. The Hall–Kier alpha value is -2.20. The van der Waals surface area contributed by atoms with Crippen molar-refractivity contribution in [1.82, 2.24) is 5.32 Å². The minimum Gasteiger partial charge on any atom is -0.393 e. The first-order chi connectivity index (χ1) is 9.29. The SMILES string of the molecule is CN/C=C(/C#N)C(=O)Nc1ccc(Cl)c(C(F)(F)F)c1. The summed E-state index contributed by atoms with van der Waals surface area (Å²) in [5.74, 6) is -0.822. The van der Waals surface area contributed by atoms with E-state index in [9.17, 15) is 18.0 Å². The van der Waals surface area contributed by atoms with Gasteiger partial charge in [0.05, 0.1) is 10.6 Å². The monoisotopic (exact) mass is 303 g/mol. The molecule has 8 heteroatoms. The van der Waals surface area contributed by atoms with Crippen molar-refractivity contribution in [3.63, 3.8) is 0 Å². The molecule has 0 aliphatic carbocycles. The number of benzene rings is 1. The van der Waals surface area contributed by atoms with E-state index in [0.717, 1.165) is 12.3 Å². The molecule has 0 atom stereocenters. The van der Waals surface area contributed by atoms with E-state index in [4.69, 9.17) is 16.9 Å². The van der Waals surface area contributed by atoms with E-state index in [1.54, 1.807) is 6.07 Å². The van der Waals surface area contributed by atoms with Gasteiger partial charge in [0.25, 0.3) is 5.91 Å². The van der Waals surface area contributed by atoms with Gasteiger partial charge in [-0.3, -0.25) is 4.79 Å². The Morgan fingerprint density at radius 3 is 2.60 bits per heavy atom. The Labute approximate surface area is 117 Å². The highest BCUT2D eigenvalue weighted by atomic mass is 35.5. The summed E-state index contributed by atoms with van der Waals surface area (Å²) in [4.78, 5) is 11.6. The third kappa shape index (κ3) is 3.90. The molecule has 0 saturated heterocycles. The van der Waals surface area contributed by atoms with Gasteiger partial charge in [-0.1, -0.05) is 11.6 Å². The van der Waals surface area contributed by atoms with Gasteiger partial charge in [-0.05, 0) is 18.2 Å². The molecule has 0 aliphatic rings. The lowest BCUT2D eigenvalue weighted by molar-refractivity contribution is -0.137. The summed E-state index contributed by atoms with van der Waals surface area (Å²) in [7, 11) is 1.48. The van der Waals surface area contributed by atoms with Crippen LogP contribution in [0.4, 0.5) is 18.9 Å². The van der Waals surface area contributed by atoms with Crippen LogP contribution in [-0.4, -0.2) is 13.0 Å². The summed E-state index contributed by atoms with van der Waals surface area (Å²) in [5, 5.41) is 12.9. The first kappa shape index (κ1) is 15.9. The van der Waals surface area contributed by atoms with Crippen LogP contribution in [-0.2, 0) is 11.0 Å². The van der Waals surface area contributed by atoms with Gasteiger partial charge >= 0.3 is 6.18 Å². The summed E-state index contributed by atoms with van der Waals surface area (Å²) in [6.07, 6.45) is -3.49.